The predicted molar refractivity (Wildman–Crippen MR) is 67.3 cm³/mol. The van der Waals surface area contributed by atoms with Gasteiger partial charge in [0, 0.05) is 25.7 Å². The molecule has 0 spiro atoms. The number of hydrogen-bond donors (Lipinski definition) is 0. The molecule has 0 aliphatic carbocycles. The average Bonchev–Trinajstić information content (AvgIpc) is 2.36. The number of carbonyl (C=O) groups is 1. The molecule has 0 heterocycles. The van der Waals surface area contributed by atoms with Crippen molar-refractivity contribution in [3.8, 4) is 0 Å². The van der Waals surface area contributed by atoms with Crippen molar-refractivity contribution in [2.45, 2.75) is 25.9 Å². The molecule has 1 rings (SSSR count). The maximum atomic E-state index is 11.7. The molecule has 0 amide bonds. The molecule has 0 bridgehead atoms. The van der Waals surface area contributed by atoms with Gasteiger partial charge in [-0.15, -0.1) is 0 Å². The van der Waals surface area contributed by atoms with Gasteiger partial charge in [0.15, 0.2) is 5.78 Å². The van der Waals surface area contributed by atoms with E-state index in [1.54, 1.807) is 7.11 Å². The highest BCUT2D eigenvalue weighted by molar-refractivity contribution is 5.95. The van der Waals surface area contributed by atoms with Crippen molar-refractivity contribution < 1.29 is 14.3 Å². The molecule has 0 aromatic heterocycles. The van der Waals surface area contributed by atoms with Crippen LogP contribution in [0.15, 0.2) is 30.3 Å². The fourth-order valence-electron chi connectivity index (χ4n) is 1.57. The SMILES string of the molecule is COCC(C)OCCCC(=O)c1ccccc1. The summed E-state index contributed by atoms with van der Waals surface area (Å²) in [7, 11) is 1.65. The highest BCUT2D eigenvalue weighted by atomic mass is 16.5. The monoisotopic (exact) mass is 236 g/mol. The van der Waals surface area contributed by atoms with Crippen LogP contribution in [0.3, 0.4) is 0 Å². The van der Waals surface area contributed by atoms with Crippen LogP contribution in [0.1, 0.15) is 30.1 Å². The normalized spacial score (nSPS) is 12.4. The van der Waals surface area contributed by atoms with Crippen molar-refractivity contribution in [1.29, 1.82) is 0 Å². The number of carbonyl (C=O) groups excluding carboxylic acids is 1. The second kappa shape index (κ2) is 7.98. The van der Waals surface area contributed by atoms with E-state index in [1.165, 1.54) is 0 Å². The summed E-state index contributed by atoms with van der Waals surface area (Å²) in [5, 5.41) is 0. The van der Waals surface area contributed by atoms with E-state index in [0.29, 0.717) is 19.6 Å². The van der Waals surface area contributed by atoms with Gasteiger partial charge in [0.25, 0.3) is 0 Å². The van der Waals surface area contributed by atoms with Crippen molar-refractivity contribution >= 4 is 5.78 Å². The fourth-order valence-corrected chi connectivity index (χ4v) is 1.57. The summed E-state index contributed by atoms with van der Waals surface area (Å²) in [6.45, 7) is 3.15. The third-order valence-electron chi connectivity index (χ3n) is 2.45. The highest BCUT2D eigenvalue weighted by Crippen LogP contribution is 2.05. The molecule has 3 heteroatoms. The predicted octanol–water partition coefficient (Wildman–Crippen LogP) is 2.70. The largest absolute Gasteiger partial charge is 0.382 e. The number of methoxy groups -OCH3 is 1. The van der Waals surface area contributed by atoms with Crippen LogP contribution in [0.25, 0.3) is 0 Å². The smallest absolute Gasteiger partial charge is 0.162 e. The van der Waals surface area contributed by atoms with Crippen molar-refractivity contribution in [1.82, 2.24) is 0 Å². The van der Waals surface area contributed by atoms with E-state index in [-0.39, 0.29) is 11.9 Å². The van der Waals surface area contributed by atoms with Gasteiger partial charge >= 0.3 is 0 Å². The van der Waals surface area contributed by atoms with Gasteiger partial charge in [-0.1, -0.05) is 30.3 Å². The summed E-state index contributed by atoms with van der Waals surface area (Å²) in [6.07, 6.45) is 1.37. The Bertz CT molecular complexity index is 321. The zero-order valence-corrected chi connectivity index (χ0v) is 10.5. The molecule has 1 aromatic carbocycles. The number of benzene rings is 1. The first-order valence-electron chi connectivity index (χ1n) is 5.93. The van der Waals surface area contributed by atoms with E-state index < -0.39 is 0 Å². The fraction of sp³-hybridized carbons (Fsp3) is 0.500. The Hall–Kier alpha value is -1.19. The van der Waals surface area contributed by atoms with E-state index in [4.69, 9.17) is 9.47 Å². The third-order valence-corrected chi connectivity index (χ3v) is 2.45. The lowest BCUT2D eigenvalue weighted by atomic mass is 10.1. The van der Waals surface area contributed by atoms with Crippen LogP contribution in [0, 0.1) is 0 Å². The Morgan fingerprint density at radius 1 is 1.29 bits per heavy atom. The molecule has 0 fully saturated rings. The second-order valence-corrected chi connectivity index (χ2v) is 4.03. The Labute approximate surface area is 103 Å². The third kappa shape index (κ3) is 5.61. The quantitative estimate of drug-likeness (QED) is 0.514. The van der Waals surface area contributed by atoms with Crippen molar-refractivity contribution in [3.63, 3.8) is 0 Å². The molecule has 0 saturated carbocycles. The number of ketones is 1. The maximum Gasteiger partial charge on any atom is 0.162 e. The minimum absolute atomic E-state index is 0.0897. The molecule has 17 heavy (non-hydrogen) atoms. The Morgan fingerprint density at radius 2 is 2.00 bits per heavy atom. The number of ether oxygens (including phenoxy) is 2. The van der Waals surface area contributed by atoms with Gasteiger partial charge in [-0.05, 0) is 13.3 Å². The molecule has 0 aliphatic heterocycles. The van der Waals surface area contributed by atoms with Crippen molar-refractivity contribution in [3.05, 3.63) is 35.9 Å². The first kappa shape index (κ1) is 13.9. The minimum Gasteiger partial charge on any atom is -0.382 e. The summed E-state index contributed by atoms with van der Waals surface area (Å²) >= 11 is 0. The van der Waals surface area contributed by atoms with Crippen LogP contribution >= 0.6 is 0 Å². The summed E-state index contributed by atoms with van der Waals surface area (Å²) in [5.41, 5.74) is 0.775. The molecule has 0 radical (unpaired) electrons. The van der Waals surface area contributed by atoms with Crippen LogP contribution in [-0.2, 0) is 9.47 Å². The van der Waals surface area contributed by atoms with Gasteiger partial charge in [-0.2, -0.15) is 0 Å². The van der Waals surface area contributed by atoms with Crippen LogP contribution in [-0.4, -0.2) is 32.2 Å². The first-order chi connectivity index (χ1) is 8.24. The molecular formula is C14H20O3. The van der Waals surface area contributed by atoms with Gasteiger partial charge < -0.3 is 9.47 Å². The second-order valence-electron chi connectivity index (χ2n) is 4.03. The molecule has 0 saturated heterocycles. The van der Waals surface area contributed by atoms with Crippen LogP contribution in [0.5, 0.6) is 0 Å². The first-order valence-corrected chi connectivity index (χ1v) is 5.93. The summed E-state index contributed by atoms with van der Waals surface area (Å²) in [6, 6.07) is 9.36. The number of rotatable bonds is 8. The average molecular weight is 236 g/mol. The lowest BCUT2D eigenvalue weighted by Crippen LogP contribution is -2.15. The van der Waals surface area contributed by atoms with Gasteiger partial charge in [0.1, 0.15) is 0 Å². The molecule has 1 unspecified atom stereocenters. The van der Waals surface area contributed by atoms with E-state index in [0.717, 1.165) is 12.0 Å². The summed E-state index contributed by atoms with van der Waals surface area (Å²) in [4.78, 5) is 11.7. The number of Topliss-reactive ketones (excluding diaryl/α,β-unsaturated/α-hetero) is 1. The van der Waals surface area contributed by atoms with Crippen LogP contribution in [0.4, 0.5) is 0 Å². The minimum atomic E-state index is 0.0897. The van der Waals surface area contributed by atoms with E-state index in [2.05, 4.69) is 0 Å². The molecular weight excluding hydrogens is 216 g/mol. The van der Waals surface area contributed by atoms with Gasteiger partial charge in [0.05, 0.1) is 12.7 Å². The molecule has 1 atom stereocenters. The van der Waals surface area contributed by atoms with Gasteiger partial charge in [-0.25, -0.2) is 0 Å². The van der Waals surface area contributed by atoms with Crippen molar-refractivity contribution in [2.24, 2.45) is 0 Å². The zero-order chi connectivity index (χ0) is 12.5. The number of hydrogen-bond acceptors (Lipinski definition) is 3. The lowest BCUT2D eigenvalue weighted by Gasteiger charge is -2.11. The topological polar surface area (TPSA) is 35.5 Å². The summed E-state index contributed by atoms with van der Waals surface area (Å²) < 4.78 is 10.5. The Morgan fingerprint density at radius 3 is 2.65 bits per heavy atom. The van der Waals surface area contributed by atoms with E-state index in [9.17, 15) is 4.79 Å². The van der Waals surface area contributed by atoms with Gasteiger partial charge in [0.2, 0.25) is 0 Å². The molecule has 3 nitrogen and oxygen atoms in total. The van der Waals surface area contributed by atoms with E-state index >= 15 is 0 Å². The van der Waals surface area contributed by atoms with Crippen LogP contribution < -0.4 is 0 Å². The maximum absolute atomic E-state index is 11.7. The van der Waals surface area contributed by atoms with Crippen LogP contribution in [0.2, 0.25) is 0 Å². The van der Waals surface area contributed by atoms with E-state index in [1.807, 2.05) is 37.3 Å². The van der Waals surface area contributed by atoms with Gasteiger partial charge in [-0.3, -0.25) is 4.79 Å². The molecule has 94 valence electrons. The Kier molecular flexibility index (Phi) is 6.51. The highest BCUT2D eigenvalue weighted by Gasteiger charge is 2.05. The summed E-state index contributed by atoms with van der Waals surface area (Å²) in [5.74, 6) is 0.175. The molecule has 0 aliphatic rings. The lowest BCUT2D eigenvalue weighted by molar-refractivity contribution is 0.00794. The Balaban J connectivity index is 2.17. The molecule has 0 N–H and O–H groups in total. The zero-order valence-electron chi connectivity index (χ0n) is 10.5. The van der Waals surface area contributed by atoms with Crippen molar-refractivity contribution in [2.75, 3.05) is 20.3 Å². The standard InChI is InChI=1S/C14H20O3/c1-12(11-16-2)17-10-6-9-14(15)13-7-4-3-5-8-13/h3-5,7-8,12H,6,9-11H2,1-2H3. The molecule has 1 aromatic rings.